The van der Waals surface area contributed by atoms with Crippen molar-refractivity contribution in [2.45, 2.75) is 20.4 Å². The molecule has 6 nitrogen and oxygen atoms in total. The van der Waals surface area contributed by atoms with Gasteiger partial charge in [0.25, 0.3) is 5.91 Å². The van der Waals surface area contributed by atoms with E-state index < -0.39 is 0 Å². The molecule has 2 rings (SSSR count). The summed E-state index contributed by atoms with van der Waals surface area (Å²) >= 11 is 0. The maximum absolute atomic E-state index is 12.2. The summed E-state index contributed by atoms with van der Waals surface area (Å²) in [6, 6.07) is 5.33. The summed E-state index contributed by atoms with van der Waals surface area (Å²) in [6.07, 6.45) is 0. The van der Waals surface area contributed by atoms with Gasteiger partial charge in [0.1, 0.15) is 6.61 Å². The quantitative estimate of drug-likeness (QED) is 0.820. The van der Waals surface area contributed by atoms with Crippen LogP contribution in [0.1, 0.15) is 33.2 Å². The predicted molar refractivity (Wildman–Crippen MR) is 75.3 cm³/mol. The van der Waals surface area contributed by atoms with Crippen molar-refractivity contribution in [2.24, 2.45) is 0 Å². The second-order valence-corrected chi connectivity index (χ2v) is 4.43. The average molecular weight is 285 g/mol. The lowest BCUT2D eigenvalue weighted by Gasteiger charge is -2.06. The number of aliphatic hydroxyl groups is 1. The van der Waals surface area contributed by atoms with Gasteiger partial charge in [0.05, 0.1) is 12.1 Å². The Kier molecular flexibility index (Phi) is 4.69. The maximum atomic E-state index is 12.2. The maximum Gasteiger partial charge on any atom is 0.252 e. The fourth-order valence-electron chi connectivity index (χ4n) is 1.76. The molecule has 1 heterocycles. The van der Waals surface area contributed by atoms with E-state index in [1.807, 2.05) is 13.0 Å². The molecule has 1 aromatic heterocycles. The molecule has 0 fully saturated rings. The molecule has 1 amide bonds. The Morgan fingerprint density at radius 2 is 2.24 bits per heavy atom. The van der Waals surface area contributed by atoms with Gasteiger partial charge in [0.2, 0.25) is 5.89 Å². The van der Waals surface area contributed by atoms with Crippen LogP contribution in [0.3, 0.4) is 0 Å². The number of aryl methyl sites for hydroxylation is 2. The van der Waals surface area contributed by atoms with Crippen LogP contribution in [0.15, 0.2) is 22.7 Å². The van der Waals surface area contributed by atoms with Gasteiger partial charge in [-0.2, -0.15) is 4.98 Å². The van der Waals surface area contributed by atoms with Crippen molar-refractivity contribution in [2.75, 3.05) is 6.61 Å². The first-order chi connectivity index (χ1) is 10.1. The molecule has 2 aromatic rings. The first kappa shape index (κ1) is 14.8. The highest BCUT2D eigenvalue weighted by Crippen LogP contribution is 2.11. The van der Waals surface area contributed by atoms with Crippen LogP contribution in [0.25, 0.3) is 0 Å². The first-order valence-electron chi connectivity index (χ1n) is 6.38. The van der Waals surface area contributed by atoms with E-state index in [0.717, 1.165) is 5.56 Å². The third-order valence-electron chi connectivity index (χ3n) is 2.69. The number of carbonyl (C=O) groups excluding carboxylic acids is 1. The Balaban J connectivity index is 2.14. The van der Waals surface area contributed by atoms with Crippen molar-refractivity contribution in [3.8, 4) is 11.8 Å². The number of nitrogens with one attached hydrogen (secondary N) is 1. The number of aromatic nitrogens is 2. The second kappa shape index (κ2) is 6.68. The van der Waals surface area contributed by atoms with E-state index in [9.17, 15) is 4.79 Å². The minimum absolute atomic E-state index is 0.153. The lowest BCUT2D eigenvalue weighted by atomic mass is 10.0. The van der Waals surface area contributed by atoms with Gasteiger partial charge < -0.3 is 14.9 Å². The molecule has 0 aliphatic heterocycles. The number of amides is 1. The molecule has 0 saturated heterocycles. The lowest BCUT2D eigenvalue weighted by Crippen LogP contribution is -2.24. The Morgan fingerprint density at radius 3 is 2.90 bits per heavy atom. The zero-order valence-corrected chi connectivity index (χ0v) is 11.8. The van der Waals surface area contributed by atoms with Crippen molar-refractivity contribution < 1.29 is 14.4 Å². The summed E-state index contributed by atoms with van der Waals surface area (Å²) in [5.41, 5.74) is 2.00. The molecule has 0 aliphatic carbocycles. The lowest BCUT2D eigenvalue weighted by molar-refractivity contribution is 0.0946. The Morgan fingerprint density at radius 1 is 1.43 bits per heavy atom. The first-order valence-corrected chi connectivity index (χ1v) is 6.38. The van der Waals surface area contributed by atoms with Gasteiger partial charge in [0.15, 0.2) is 5.82 Å². The zero-order valence-electron chi connectivity index (χ0n) is 11.8. The summed E-state index contributed by atoms with van der Waals surface area (Å²) in [5, 5.41) is 15.1. The van der Waals surface area contributed by atoms with Crippen LogP contribution in [0.5, 0.6) is 0 Å². The Hall–Kier alpha value is -2.65. The molecule has 0 aliphatic rings. The highest BCUT2D eigenvalue weighted by atomic mass is 16.5. The molecule has 2 N–H and O–H groups in total. The van der Waals surface area contributed by atoms with Crippen molar-refractivity contribution in [1.82, 2.24) is 15.5 Å². The number of rotatable bonds is 3. The molecule has 6 heteroatoms. The van der Waals surface area contributed by atoms with E-state index in [0.29, 0.717) is 22.8 Å². The molecule has 0 spiro atoms. The molecule has 0 radical (unpaired) electrons. The third kappa shape index (κ3) is 3.91. The smallest absolute Gasteiger partial charge is 0.252 e. The van der Waals surface area contributed by atoms with Gasteiger partial charge in [-0.1, -0.05) is 23.1 Å². The van der Waals surface area contributed by atoms with Crippen molar-refractivity contribution in [1.29, 1.82) is 0 Å². The summed E-state index contributed by atoms with van der Waals surface area (Å²) < 4.78 is 4.93. The summed E-state index contributed by atoms with van der Waals surface area (Å²) in [4.78, 5) is 16.2. The van der Waals surface area contributed by atoms with E-state index >= 15 is 0 Å². The molecule has 0 saturated carbocycles. The number of hydrogen-bond donors (Lipinski definition) is 2. The molecule has 0 atom stereocenters. The van der Waals surface area contributed by atoms with Crippen LogP contribution in [0.2, 0.25) is 0 Å². The predicted octanol–water partition coefficient (Wildman–Crippen LogP) is 0.960. The summed E-state index contributed by atoms with van der Waals surface area (Å²) in [7, 11) is 0. The van der Waals surface area contributed by atoms with Crippen LogP contribution < -0.4 is 5.32 Å². The highest BCUT2D eigenvalue weighted by Gasteiger charge is 2.12. The molecule has 21 heavy (non-hydrogen) atoms. The van der Waals surface area contributed by atoms with Crippen LogP contribution in [0, 0.1) is 25.7 Å². The zero-order chi connectivity index (χ0) is 15.2. The Labute approximate surface area is 122 Å². The average Bonchev–Trinajstić information content (AvgIpc) is 2.88. The third-order valence-corrected chi connectivity index (χ3v) is 2.69. The van der Waals surface area contributed by atoms with Gasteiger partial charge in [-0.05, 0) is 31.5 Å². The topological polar surface area (TPSA) is 88.3 Å². The molecular weight excluding hydrogens is 270 g/mol. The number of hydrogen-bond acceptors (Lipinski definition) is 5. The molecule has 108 valence electrons. The van der Waals surface area contributed by atoms with E-state index in [-0.39, 0.29) is 19.1 Å². The van der Waals surface area contributed by atoms with Crippen molar-refractivity contribution in [3.05, 3.63) is 46.6 Å². The molecule has 0 unspecified atom stereocenters. The minimum atomic E-state index is -0.284. The summed E-state index contributed by atoms with van der Waals surface area (Å²) in [6.45, 7) is 3.51. The number of benzene rings is 1. The number of aliphatic hydroxyl groups excluding tert-OH is 1. The minimum Gasteiger partial charge on any atom is -0.384 e. The van der Waals surface area contributed by atoms with Gasteiger partial charge in [0, 0.05) is 5.56 Å². The molecular formula is C15H15N3O3. The molecule has 0 bridgehead atoms. The van der Waals surface area contributed by atoms with Crippen LogP contribution in [-0.4, -0.2) is 27.8 Å². The second-order valence-electron chi connectivity index (χ2n) is 4.43. The van der Waals surface area contributed by atoms with E-state index in [1.54, 1.807) is 19.1 Å². The SMILES string of the molecule is Cc1ccc(C(=O)NCc2nc(C)no2)c(C#CCO)c1. The van der Waals surface area contributed by atoms with E-state index in [2.05, 4.69) is 27.3 Å². The Bertz CT molecular complexity index is 710. The van der Waals surface area contributed by atoms with Gasteiger partial charge in [-0.15, -0.1) is 0 Å². The molecule has 1 aromatic carbocycles. The van der Waals surface area contributed by atoms with Crippen LogP contribution in [-0.2, 0) is 6.54 Å². The fraction of sp³-hybridized carbons (Fsp3) is 0.267. The van der Waals surface area contributed by atoms with Crippen molar-refractivity contribution in [3.63, 3.8) is 0 Å². The number of nitrogens with zero attached hydrogens (tertiary/aromatic N) is 2. The fourth-order valence-corrected chi connectivity index (χ4v) is 1.76. The largest absolute Gasteiger partial charge is 0.384 e. The van der Waals surface area contributed by atoms with Gasteiger partial charge in [-0.3, -0.25) is 4.79 Å². The number of carbonyl (C=O) groups is 1. The monoisotopic (exact) mass is 285 g/mol. The normalized spacial score (nSPS) is 9.86. The van der Waals surface area contributed by atoms with Crippen LogP contribution >= 0.6 is 0 Å². The van der Waals surface area contributed by atoms with E-state index in [1.165, 1.54) is 0 Å². The van der Waals surface area contributed by atoms with Gasteiger partial charge >= 0.3 is 0 Å². The van der Waals surface area contributed by atoms with Crippen LogP contribution in [0.4, 0.5) is 0 Å². The highest BCUT2D eigenvalue weighted by molar-refractivity contribution is 5.96. The van der Waals surface area contributed by atoms with Crippen molar-refractivity contribution >= 4 is 5.91 Å². The van der Waals surface area contributed by atoms with E-state index in [4.69, 9.17) is 9.63 Å². The summed E-state index contributed by atoms with van der Waals surface area (Å²) in [5.74, 6) is 5.90. The van der Waals surface area contributed by atoms with Gasteiger partial charge in [-0.25, -0.2) is 0 Å². The standard InChI is InChI=1S/C15H15N3O3/c1-10-5-6-13(12(8-10)4-3-7-19)15(20)16-9-14-17-11(2)18-21-14/h5-6,8,19H,7,9H2,1-2H3,(H,16,20).